The third-order valence-corrected chi connectivity index (χ3v) is 7.33. The van der Waals surface area contributed by atoms with Crippen LogP contribution >= 0.6 is 0 Å². The molecule has 0 spiro atoms. The van der Waals surface area contributed by atoms with Gasteiger partial charge in [0, 0.05) is 5.56 Å². The van der Waals surface area contributed by atoms with Gasteiger partial charge in [0.15, 0.2) is 34.5 Å². The standard InChI is InChI=1S/C30H28O15/c1-41-18-4-3-11(5-14(18)31)28-29(42-2)24(37)21-15(32)6-12(9-19(21)44-28)27-26(39)25(38)23(36)20(45-27)10-43-30(40)13-7-16(33)22(35)17(34)8-13/h3-9,20,23,25-27,31-36,38-39H,10H2,1-2H3/t20-,23-,25+,26-,27+/m1/s1. The molecule has 238 valence electrons. The van der Waals surface area contributed by atoms with Gasteiger partial charge in [-0.2, -0.15) is 0 Å². The van der Waals surface area contributed by atoms with Gasteiger partial charge in [0.25, 0.3) is 0 Å². The van der Waals surface area contributed by atoms with Crippen LogP contribution in [0.2, 0.25) is 0 Å². The normalized spacial score (nSPS) is 21.4. The second kappa shape index (κ2) is 12.0. The lowest BCUT2D eigenvalue weighted by Crippen LogP contribution is -2.55. The van der Waals surface area contributed by atoms with Crippen molar-refractivity contribution in [3.05, 3.63) is 63.8 Å². The molecule has 1 aliphatic rings. The van der Waals surface area contributed by atoms with Gasteiger partial charge in [-0.1, -0.05) is 0 Å². The number of aliphatic hydroxyl groups excluding tert-OH is 3. The Morgan fingerprint density at radius 2 is 1.51 bits per heavy atom. The van der Waals surface area contributed by atoms with Crippen molar-refractivity contribution in [3.8, 4) is 51.6 Å². The lowest BCUT2D eigenvalue weighted by molar-refractivity contribution is -0.231. The van der Waals surface area contributed by atoms with Gasteiger partial charge in [0.2, 0.25) is 11.2 Å². The number of carbonyl (C=O) groups is 1. The predicted octanol–water partition coefficient (Wildman–Crippen LogP) is 1.38. The van der Waals surface area contributed by atoms with Crippen molar-refractivity contribution in [3.63, 3.8) is 0 Å². The van der Waals surface area contributed by atoms with Crippen LogP contribution in [0.15, 0.2) is 51.7 Å². The highest BCUT2D eigenvalue weighted by Gasteiger charge is 2.45. The van der Waals surface area contributed by atoms with Gasteiger partial charge in [-0.25, -0.2) is 4.79 Å². The van der Waals surface area contributed by atoms with Crippen molar-refractivity contribution in [1.29, 1.82) is 0 Å². The molecular weight excluding hydrogens is 600 g/mol. The molecule has 1 saturated heterocycles. The minimum absolute atomic E-state index is 0.000000661. The van der Waals surface area contributed by atoms with Gasteiger partial charge < -0.3 is 64.2 Å². The molecule has 5 atom stereocenters. The number of phenols is 5. The van der Waals surface area contributed by atoms with E-state index in [-0.39, 0.29) is 50.7 Å². The molecule has 3 aromatic carbocycles. The summed E-state index contributed by atoms with van der Waals surface area (Å²) in [6, 6.07) is 8.20. The van der Waals surface area contributed by atoms with Crippen LogP contribution in [0.25, 0.3) is 22.3 Å². The highest BCUT2D eigenvalue weighted by atomic mass is 16.6. The largest absolute Gasteiger partial charge is 0.507 e. The molecule has 0 radical (unpaired) electrons. The minimum Gasteiger partial charge on any atom is -0.507 e. The van der Waals surface area contributed by atoms with E-state index in [2.05, 4.69) is 0 Å². The molecule has 1 fully saturated rings. The fourth-order valence-electron chi connectivity index (χ4n) is 5.00. The molecule has 0 bridgehead atoms. The van der Waals surface area contributed by atoms with Crippen LogP contribution in [0.1, 0.15) is 22.0 Å². The molecule has 2 heterocycles. The first kappa shape index (κ1) is 31.2. The molecule has 0 unspecified atom stereocenters. The third-order valence-electron chi connectivity index (χ3n) is 7.33. The summed E-state index contributed by atoms with van der Waals surface area (Å²) < 4.78 is 27.1. The van der Waals surface area contributed by atoms with E-state index in [4.69, 9.17) is 23.4 Å². The zero-order valence-corrected chi connectivity index (χ0v) is 23.6. The van der Waals surface area contributed by atoms with Crippen molar-refractivity contribution >= 4 is 16.9 Å². The Morgan fingerprint density at radius 3 is 2.13 bits per heavy atom. The molecular formula is C30H28O15. The van der Waals surface area contributed by atoms with Crippen LogP contribution < -0.4 is 14.9 Å². The number of methoxy groups -OCH3 is 2. The summed E-state index contributed by atoms with van der Waals surface area (Å²) >= 11 is 0. The highest BCUT2D eigenvalue weighted by Crippen LogP contribution is 2.41. The van der Waals surface area contributed by atoms with Crippen molar-refractivity contribution in [2.75, 3.05) is 20.8 Å². The maximum atomic E-state index is 13.3. The first-order valence-electron chi connectivity index (χ1n) is 13.2. The highest BCUT2D eigenvalue weighted by molar-refractivity contribution is 5.91. The molecule has 0 amide bonds. The first-order chi connectivity index (χ1) is 21.4. The molecule has 15 nitrogen and oxygen atoms in total. The van der Waals surface area contributed by atoms with E-state index in [1.165, 1.54) is 38.5 Å². The summed E-state index contributed by atoms with van der Waals surface area (Å²) in [7, 11) is 2.57. The molecule has 5 rings (SSSR count). The maximum absolute atomic E-state index is 13.3. The summed E-state index contributed by atoms with van der Waals surface area (Å²) in [5, 5.41) is 81.5. The lowest BCUT2D eigenvalue weighted by atomic mass is 9.90. The number of hydrogen-bond acceptors (Lipinski definition) is 15. The minimum atomic E-state index is -1.83. The van der Waals surface area contributed by atoms with Crippen LogP contribution in [-0.2, 0) is 9.47 Å². The molecule has 45 heavy (non-hydrogen) atoms. The average Bonchev–Trinajstić information content (AvgIpc) is 3.01. The van der Waals surface area contributed by atoms with Crippen LogP contribution in [-0.4, -0.2) is 92.1 Å². The zero-order valence-electron chi connectivity index (χ0n) is 23.6. The van der Waals surface area contributed by atoms with Crippen LogP contribution in [0, 0.1) is 0 Å². The SMILES string of the molecule is COc1ccc(-c2oc3cc([C@@H]4O[C@H](COC(=O)c5cc(O)c(O)c(O)c5)[C@@H](O)[C@H](O)[C@H]4O)cc(O)c3c(=O)c2OC)cc1O. The summed E-state index contributed by atoms with van der Waals surface area (Å²) in [6.07, 6.45) is -8.23. The van der Waals surface area contributed by atoms with Gasteiger partial charge in [0.1, 0.15) is 53.8 Å². The Balaban J connectivity index is 1.48. The molecule has 1 aromatic heterocycles. The molecule has 0 saturated carbocycles. The van der Waals surface area contributed by atoms with E-state index in [0.717, 1.165) is 18.2 Å². The smallest absolute Gasteiger partial charge is 0.338 e. The molecule has 15 heteroatoms. The Labute approximate surface area is 252 Å². The molecule has 1 aliphatic heterocycles. The fourth-order valence-corrected chi connectivity index (χ4v) is 5.00. The van der Waals surface area contributed by atoms with Gasteiger partial charge in [-0.05, 0) is 48.0 Å². The number of rotatable bonds is 7. The van der Waals surface area contributed by atoms with Crippen LogP contribution in [0.4, 0.5) is 0 Å². The average molecular weight is 629 g/mol. The Kier molecular flexibility index (Phi) is 8.36. The monoisotopic (exact) mass is 628 g/mol. The summed E-state index contributed by atoms with van der Waals surface area (Å²) in [5.41, 5.74) is -1.08. The van der Waals surface area contributed by atoms with Crippen molar-refractivity contribution in [1.82, 2.24) is 0 Å². The number of ether oxygens (including phenoxy) is 4. The molecule has 4 aromatic rings. The van der Waals surface area contributed by atoms with Crippen molar-refractivity contribution < 1.29 is 69.0 Å². The van der Waals surface area contributed by atoms with E-state index in [1.807, 2.05) is 0 Å². The summed E-state index contributed by atoms with van der Waals surface area (Å²) in [6.45, 7) is -0.681. The molecule has 8 N–H and O–H groups in total. The second-order valence-electron chi connectivity index (χ2n) is 10.1. The Hall–Kier alpha value is -5.22. The van der Waals surface area contributed by atoms with Crippen molar-refractivity contribution in [2.45, 2.75) is 30.5 Å². The number of aromatic hydroxyl groups is 5. The number of aliphatic hydroxyl groups is 3. The number of carbonyl (C=O) groups excluding carboxylic acids is 1. The van der Waals surface area contributed by atoms with E-state index < -0.39 is 71.5 Å². The summed E-state index contributed by atoms with van der Waals surface area (Å²) in [5.74, 6) is -4.60. The van der Waals surface area contributed by atoms with Gasteiger partial charge in [-0.3, -0.25) is 4.79 Å². The fraction of sp³-hybridized carbons (Fsp3) is 0.267. The van der Waals surface area contributed by atoms with E-state index in [0.29, 0.717) is 0 Å². The first-order valence-corrected chi connectivity index (χ1v) is 13.2. The number of phenolic OH excluding ortho intramolecular Hbond substituents is 5. The van der Waals surface area contributed by atoms with E-state index in [9.17, 15) is 50.4 Å². The van der Waals surface area contributed by atoms with Crippen LogP contribution in [0.5, 0.6) is 40.2 Å². The van der Waals surface area contributed by atoms with Gasteiger partial charge in [0.05, 0.1) is 19.8 Å². The van der Waals surface area contributed by atoms with Gasteiger partial charge >= 0.3 is 5.97 Å². The topological polar surface area (TPSA) is 246 Å². The molecule has 0 aliphatic carbocycles. The Bertz CT molecular complexity index is 1810. The maximum Gasteiger partial charge on any atom is 0.338 e. The second-order valence-corrected chi connectivity index (χ2v) is 10.1. The Morgan fingerprint density at radius 1 is 0.822 bits per heavy atom. The van der Waals surface area contributed by atoms with E-state index in [1.54, 1.807) is 0 Å². The third kappa shape index (κ3) is 5.60. The number of benzene rings is 3. The van der Waals surface area contributed by atoms with Crippen LogP contribution in [0.3, 0.4) is 0 Å². The predicted molar refractivity (Wildman–Crippen MR) is 152 cm³/mol. The van der Waals surface area contributed by atoms with E-state index >= 15 is 0 Å². The number of fused-ring (bicyclic) bond motifs is 1. The zero-order chi connectivity index (χ0) is 32.7. The quantitative estimate of drug-likeness (QED) is 0.106. The number of esters is 1. The van der Waals surface area contributed by atoms with Gasteiger partial charge in [-0.15, -0.1) is 0 Å². The van der Waals surface area contributed by atoms with Crippen molar-refractivity contribution in [2.24, 2.45) is 0 Å². The lowest BCUT2D eigenvalue weighted by Gasteiger charge is -2.40. The number of hydrogen-bond donors (Lipinski definition) is 8. The summed E-state index contributed by atoms with van der Waals surface area (Å²) in [4.78, 5) is 25.8.